The maximum absolute atomic E-state index is 11.2. The Bertz CT molecular complexity index is 1430. The van der Waals surface area contributed by atoms with Gasteiger partial charge in [-0.25, -0.2) is 38.4 Å². The number of carbonyl (C=O) groups excluding carboxylic acids is 8. The van der Waals surface area contributed by atoms with Crippen LogP contribution in [0.25, 0.3) is 0 Å². The first-order valence-corrected chi connectivity index (χ1v) is 25.4. The van der Waals surface area contributed by atoms with Crippen molar-refractivity contribution in [3.63, 3.8) is 0 Å². The second-order valence-corrected chi connectivity index (χ2v) is 14.3. The van der Waals surface area contributed by atoms with Crippen molar-refractivity contribution < 1.29 is 166 Å². The first-order valence-electron chi connectivity index (χ1n) is 25.4. The van der Waals surface area contributed by atoms with Crippen LogP contribution < -0.4 is 0 Å². The molecule has 4 aliphatic heterocycles. The first-order chi connectivity index (χ1) is 39.7. The zero-order chi connectivity index (χ0) is 58.6. The Morgan fingerprint density at radius 3 is 0.259 bits per heavy atom. The third-order valence-electron chi connectivity index (χ3n) is 8.28. The van der Waals surface area contributed by atoms with Crippen molar-refractivity contribution in [3.8, 4) is 0 Å². The van der Waals surface area contributed by atoms with Crippen molar-refractivity contribution >= 4 is 49.2 Å². The smallest absolute Gasteiger partial charge is 0.432 e. The van der Waals surface area contributed by atoms with Crippen LogP contribution in [0.3, 0.4) is 0 Å². The maximum atomic E-state index is 11.2. The molecule has 470 valence electrons. The van der Waals surface area contributed by atoms with Gasteiger partial charge in [0, 0.05) is 0 Å². The van der Waals surface area contributed by atoms with Crippen LogP contribution in [0.15, 0.2) is 0 Å². The Labute approximate surface area is 466 Å². The standard InChI is InChI=1S/C14H24O10.C12H20O9.2C10H16O8/c15-13-21-9-5-17-1-2-18-6-10-22-14(16)24-12-8-20-4-3-19-7-11-23-13;13-11-18-7-3-15-1-2-16-4-8-19-12(14)21-10-6-17-5-9-20-11;11-9-15-5-1-13-2-6-16-10(12)18-8-4-14-3-7-17-9;11-9-15-5-3-13-1-2-14-4-6-16-10(12)18-8-7-17-9/h1-12H2;1-10H2;2*1-8H2. The van der Waals surface area contributed by atoms with Crippen LogP contribution in [0.2, 0.25) is 0 Å². The predicted molar refractivity (Wildman–Crippen MR) is 257 cm³/mol. The highest BCUT2D eigenvalue weighted by Crippen LogP contribution is 1.96. The van der Waals surface area contributed by atoms with Gasteiger partial charge in [-0.2, -0.15) is 0 Å². The van der Waals surface area contributed by atoms with Gasteiger partial charge < -0.3 is 128 Å². The van der Waals surface area contributed by atoms with Crippen LogP contribution in [0.4, 0.5) is 38.4 Å². The number of carbonyl (C=O) groups is 8. The fraction of sp³-hybridized carbons (Fsp3) is 0.826. The Morgan fingerprint density at radius 1 is 0.111 bits per heavy atom. The maximum Gasteiger partial charge on any atom is 0.508 e. The molecule has 35 heteroatoms. The zero-order valence-electron chi connectivity index (χ0n) is 45.2. The molecule has 4 fully saturated rings. The number of hydrogen-bond acceptors (Lipinski definition) is 35. The van der Waals surface area contributed by atoms with Crippen LogP contribution in [0.1, 0.15) is 0 Å². The summed E-state index contributed by atoms with van der Waals surface area (Å²) in [5.41, 5.74) is 0. The Hall–Kier alpha value is -6.28. The quantitative estimate of drug-likeness (QED) is 0.244. The number of hydrogen-bond donors (Lipinski definition) is 0. The summed E-state index contributed by atoms with van der Waals surface area (Å²) in [5.74, 6) is 0. The Balaban J connectivity index is 0.000000544. The lowest BCUT2D eigenvalue weighted by Gasteiger charge is -2.10. The van der Waals surface area contributed by atoms with Crippen molar-refractivity contribution in [2.24, 2.45) is 0 Å². The highest BCUT2D eigenvalue weighted by molar-refractivity contribution is 5.62. The summed E-state index contributed by atoms with van der Waals surface area (Å²) in [7, 11) is 0. The van der Waals surface area contributed by atoms with Gasteiger partial charge in [-0.3, -0.25) is 0 Å². The number of cyclic esters (lactones) is 16. The molecule has 0 aliphatic carbocycles. The van der Waals surface area contributed by atoms with E-state index in [0.717, 1.165) is 0 Å². The lowest BCUT2D eigenvalue weighted by molar-refractivity contribution is -0.0223. The van der Waals surface area contributed by atoms with E-state index < -0.39 is 49.2 Å². The van der Waals surface area contributed by atoms with E-state index in [-0.39, 0.29) is 198 Å². The molecule has 0 unspecified atom stereocenters. The fourth-order valence-electron chi connectivity index (χ4n) is 4.75. The zero-order valence-corrected chi connectivity index (χ0v) is 45.2. The molecule has 0 radical (unpaired) electrons. The molecule has 35 nitrogen and oxygen atoms in total. The van der Waals surface area contributed by atoms with Gasteiger partial charge in [0.15, 0.2) is 0 Å². The third-order valence-corrected chi connectivity index (χ3v) is 8.28. The van der Waals surface area contributed by atoms with E-state index >= 15 is 0 Å². The molecule has 0 aromatic heterocycles. The Kier molecular flexibility index (Phi) is 51.2. The Morgan fingerprint density at radius 2 is 0.173 bits per heavy atom. The van der Waals surface area contributed by atoms with Gasteiger partial charge in [-0.1, -0.05) is 0 Å². The van der Waals surface area contributed by atoms with E-state index in [1.807, 2.05) is 0 Å². The molecule has 4 rings (SSSR count). The molecule has 0 atom stereocenters. The lowest BCUT2D eigenvalue weighted by atomic mass is 10.7. The van der Waals surface area contributed by atoms with E-state index in [1.54, 1.807) is 0 Å². The van der Waals surface area contributed by atoms with Gasteiger partial charge in [0.05, 0.1) is 145 Å². The predicted octanol–water partition coefficient (Wildman–Crippen LogP) is 1.41. The van der Waals surface area contributed by atoms with Crippen molar-refractivity contribution in [3.05, 3.63) is 0 Å². The van der Waals surface area contributed by atoms with Crippen molar-refractivity contribution in [1.82, 2.24) is 0 Å². The number of ether oxygens (including phenoxy) is 27. The molecule has 4 saturated heterocycles. The lowest BCUT2D eigenvalue weighted by Crippen LogP contribution is -2.19. The van der Waals surface area contributed by atoms with Crippen LogP contribution >= 0.6 is 0 Å². The van der Waals surface area contributed by atoms with Gasteiger partial charge in [-0.05, 0) is 0 Å². The summed E-state index contributed by atoms with van der Waals surface area (Å²) in [5, 5.41) is 0. The number of rotatable bonds is 0. The molecule has 4 aliphatic rings. The minimum absolute atomic E-state index is 0.0535. The molecule has 0 saturated carbocycles. The molecule has 81 heavy (non-hydrogen) atoms. The molecule has 0 N–H and O–H groups in total. The van der Waals surface area contributed by atoms with E-state index in [9.17, 15) is 38.4 Å². The summed E-state index contributed by atoms with van der Waals surface area (Å²) >= 11 is 0. The molecule has 0 amide bonds. The third kappa shape index (κ3) is 55.4. The van der Waals surface area contributed by atoms with E-state index in [2.05, 4.69) is 37.9 Å². The van der Waals surface area contributed by atoms with Crippen LogP contribution in [0, 0.1) is 0 Å². The first kappa shape index (κ1) is 72.7. The van der Waals surface area contributed by atoms with E-state index in [1.165, 1.54) is 0 Å². The molecular formula is C46H76O35. The van der Waals surface area contributed by atoms with E-state index in [4.69, 9.17) is 90.0 Å². The van der Waals surface area contributed by atoms with E-state index in [0.29, 0.717) is 52.9 Å². The topological polar surface area (TPSA) is 386 Å². The summed E-state index contributed by atoms with van der Waals surface area (Å²) in [6, 6.07) is 0. The van der Waals surface area contributed by atoms with Crippen LogP contribution in [-0.4, -0.2) is 300 Å². The summed E-state index contributed by atoms with van der Waals surface area (Å²) < 4.78 is 132. The largest absolute Gasteiger partial charge is 0.508 e. The van der Waals surface area contributed by atoms with Crippen molar-refractivity contribution in [1.29, 1.82) is 0 Å². The van der Waals surface area contributed by atoms with Gasteiger partial charge >= 0.3 is 49.2 Å². The summed E-state index contributed by atoms with van der Waals surface area (Å²) in [6.07, 6.45) is -6.30. The summed E-state index contributed by atoms with van der Waals surface area (Å²) in [4.78, 5) is 88.5. The second-order valence-electron chi connectivity index (χ2n) is 14.3. The van der Waals surface area contributed by atoms with Crippen LogP contribution in [-0.2, 0) is 128 Å². The van der Waals surface area contributed by atoms with Gasteiger partial charge in [0.1, 0.15) is 106 Å². The molecule has 0 aromatic rings. The highest BCUT2D eigenvalue weighted by Gasteiger charge is 2.11. The minimum atomic E-state index is -0.834. The highest BCUT2D eigenvalue weighted by atomic mass is 16.8. The minimum Gasteiger partial charge on any atom is -0.432 e. The molecule has 0 bridgehead atoms. The molecule has 0 spiro atoms. The summed E-state index contributed by atoms with van der Waals surface area (Å²) in [6.45, 7) is 6.80. The average molecular weight is 1190 g/mol. The average Bonchev–Trinajstić information content (AvgIpc) is 3.45. The SMILES string of the molecule is O=C1OCCOCCOC(=O)OCCOCCO1.O=C1OCCOCCOCCOC(=O)OCCO1.O=C1OCCOCCOCCOC(=O)OCCOCCO1.O=C1OCCOCCOCCOC(=O)OCCOCCOCCO1. The molecule has 4 heterocycles. The van der Waals surface area contributed by atoms with Crippen LogP contribution in [0.5, 0.6) is 0 Å². The van der Waals surface area contributed by atoms with Gasteiger partial charge in [-0.15, -0.1) is 0 Å². The van der Waals surface area contributed by atoms with Crippen molar-refractivity contribution in [2.75, 3.05) is 251 Å². The monoisotopic (exact) mass is 1190 g/mol. The normalized spacial score (nSPS) is 21.4. The fourth-order valence-corrected chi connectivity index (χ4v) is 4.75. The molecule has 0 aromatic carbocycles. The van der Waals surface area contributed by atoms with Gasteiger partial charge in [0.2, 0.25) is 0 Å². The molecular weight excluding hydrogens is 1110 g/mol. The van der Waals surface area contributed by atoms with Crippen molar-refractivity contribution in [2.45, 2.75) is 0 Å². The van der Waals surface area contributed by atoms with Gasteiger partial charge in [0.25, 0.3) is 0 Å². The second kappa shape index (κ2) is 57.0.